The van der Waals surface area contributed by atoms with Crippen molar-refractivity contribution in [3.05, 3.63) is 71.4 Å². The van der Waals surface area contributed by atoms with E-state index in [1.165, 1.54) is 29.8 Å². The van der Waals surface area contributed by atoms with Crippen LogP contribution >= 0.6 is 0 Å². The van der Waals surface area contributed by atoms with Gasteiger partial charge in [-0.25, -0.2) is 8.78 Å². The van der Waals surface area contributed by atoms with Crippen molar-refractivity contribution in [2.75, 3.05) is 0 Å². The summed E-state index contributed by atoms with van der Waals surface area (Å²) in [5, 5.41) is 8.46. The lowest BCUT2D eigenvalue weighted by Gasteiger charge is -2.08. The highest BCUT2D eigenvalue weighted by molar-refractivity contribution is 5.58. The molecule has 0 bridgehead atoms. The van der Waals surface area contributed by atoms with E-state index < -0.39 is 12.8 Å². The molecule has 0 atom stereocenters. The fourth-order valence-electron chi connectivity index (χ4n) is 2.97. The van der Waals surface area contributed by atoms with E-state index >= 15 is 0 Å². The van der Waals surface area contributed by atoms with Crippen LogP contribution in [0.15, 0.2) is 59.1 Å². The second kappa shape index (κ2) is 10.4. The molecule has 0 aliphatic rings. The summed E-state index contributed by atoms with van der Waals surface area (Å²) in [7, 11) is 0. The van der Waals surface area contributed by atoms with Gasteiger partial charge >= 0.3 is 6.36 Å². The monoisotopic (exact) mass is 480 g/mol. The number of halogens is 5. The average Bonchev–Trinajstić information content (AvgIpc) is 3.36. The largest absolute Gasteiger partial charge is 0.573 e. The minimum absolute atomic E-state index is 0.229. The fourth-order valence-corrected chi connectivity index (χ4v) is 2.97. The van der Waals surface area contributed by atoms with Crippen LogP contribution in [0, 0.1) is 13.8 Å². The first-order valence-corrected chi connectivity index (χ1v) is 10.1. The van der Waals surface area contributed by atoms with E-state index in [9.17, 15) is 22.0 Å². The maximum atomic E-state index is 12.3. The van der Waals surface area contributed by atoms with Crippen LogP contribution < -0.4 is 4.74 Å². The molecule has 0 radical (unpaired) electrons. The van der Waals surface area contributed by atoms with Gasteiger partial charge in [-0.2, -0.15) is 10.1 Å². The summed E-state index contributed by atoms with van der Waals surface area (Å²) in [5.41, 5.74) is 4.28. The molecule has 0 N–H and O–H groups in total. The van der Waals surface area contributed by atoms with Gasteiger partial charge in [0.15, 0.2) is 5.69 Å². The lowest BCUT2D eigenvalue weighted by molar-refractivity contribution is -0.274. The third-order valence-electron chi connectivity index (χ3n) is 4.55. The van der Waals surface area contributed by atoms with Crippen molar-refractivity contribution in [1.29, 1.82) is 0 Å². The van der Waals surface area contributed by atoms with Crippen molar-refractivity contribution < 1.29 is 31.2 Å². The molecule has 0 unspecified atom stereocenters. The predicted molar refractivity (Wildman–Crippen MR) is 114 cm³/mol. The molecule has 180 valence electrons. The first kappa shape index (κ1) is 24.9. The van der Waals surface area contributed by atoms with Gasteiger partial charge in [-0.15, -0.1) is 13.2 Å². The van der Waals surface area contributed by atoms with Gasteiger partial charge in [-0.1, -0.05) is 29.4 Å². The van der Waals surface area contributed by atoms with Crippen molar-refractivity contribution in [1.82, 2.24) is 19.9 Å². The molecular formula is C23H21F5N4O2. The van der Waals surface area contributed by atoms with Crippen LogP contribution in [0.25, 0.3) is 23.0 Å². The summed E-state index contributed by atoms with van der Waals surface area (Å²) < 4.78 is 68.5. The van der Waals surface area contributed by atoms with E-state index in [2.05, 4.69) is 20.0 Å². The summed E-state index contributed by atoms with van der Waals surface area (Å²) in [4.78, 5) is 4.32. The number of nitrogens with zero attached hydrogens (tertiary/aromatic N) is 4. The van der Waals surface area contributed by atoms with Gasteiger partial charge in [0.2, 0.25) is 12.2 Å². The molecule has 0 aliphatic carbocycles. The van der Waals surface area contributed by atoms with Gasteiger partial charge in [0.05, 0.1) is 6.54 Å². The molecule has 0 spiro atoms. The van der Waals surface area contributed by atoms with Gasteiger partial charge in [0.25, 0.3) is 5.89 Å². The first-order chi connectivity index (χ1) is 16.0. The van der Waals surface area contributed by atoms with Crippen LogP contribution in [0.1, 0.15) is 23.7 Å². The van der Waals surface area contributed by atoms with Crippen LogP contribution in [0.5, 0.6) is 5.75 Å². The van der Waals surface area contributed by atoms with Crippen LogP contribution in [0.3, 0.4) is 0 Å². The molecule has 2 aromatic carbocycles. The summed E-state index contributed by atoms with van der Waals surface area (Å²) >= 11 is 0. The molecule has 34 heavy (non-hydrogen) atoms. The SMILES string of the molecule is CC(F)F.Cc1ccccc1Cn1nc(-c2nc(-c3ccc(OC(F)(F)F)cc3)no2)cc1C. The quantitative estimate of drug-likeness (QED) is 0.308. The molecule has 0 saturated heterocycles. The molecule has 4 rings (SSSR count). The minimum Gasteiger partial charge on any atom is -0.406 e. The molecule has 0 aliphatic heterocycles. The van der Waals surface area contributed by atoms with Gasteiger partial charge in [0, 0.05) is 11.3 Å². The fraction of sp³-hybridized carbons (Fsp3) is 0.261. The Labute approximate surface area is 192 Å². The third-order valence-corrected chi connectivity index (χ3v) is 4.55. The van der Waals surface area contributed by atoms with Crippen molar-refractivity contribution in [2.24, 2.45) is 0 Å². The number of aromatic nitrogens is 4. The Bertz CT molecular complexity index is 1210. The molecule has 4 aromatic rings. The first-order valence-electron chi connectivity index (χ1n) is 10.1. The maximum absolute atomic E-state index is 12.3. The highest BCUT2D eigenvalue weighted by atomic mass is 19.4. The lowest BCUT2D eigenvalue weighted by Crippen LogP contribution is -2.16. The van der Waals surface area contributed by atoms with Crippen molar-refractivity contribution in [3.8, 4) is 28.7 Å². The second-order valence-electron chi connectivity index (χ2n) is 7.27. The zero-order valence-electron chi connectivity index (χ0n) is 18.5. The maximum Gasteiger partial charge on any atom is 0.573 e. The van der Waals surface area contributed by atoms with Crippen LogP contribution in [0.2, 0.25) is 0 Å². The van der Waals surface area contributed by atoms with Crippen LogP contribution in [0.4, 0.5) is 22.0 Å². The van der Waals surface area contributed by atoms with E-state index in [1.807, 2.05) is 48.9 Å². The standard InChI is InChI=1S/C21H17F3N4O2.C2H4F2/c1-13-5-3-4-6-16(13)12-28-14(2)11-18(26-28)20-25-19(27-30-20)15-7-9-17(10-8-15)29-21(22,23)24;1-2(3)4/h3-11H,12H2,1-2H3;2H,1H3. The molecule has 11 heteroatoms. The summed E-state index contributed by atoms with van der Waals surface area (Å²) in [5.74, 6) is 0.155. The summed E-state index contributed by atoms with van der Waals surface area (Å²) in [6.07, 6.45) is -6.91. The number of alkyl halides is 5. The molecule has 0 saturated carbocycles. The smallest absolute Gasteiger partial charge is 0.406 e. The molecular weight excluding hydrogens is 459 g/mol. The van der Waals surface area contributed by atoms with E-state index in [4.69, 9.17) is 4.52 Å². The van der Waals surface area contributed by atoms with Gasteiger partial charge in [-0.3, -0.25) is 4.68 Å². The van der Waals surface area contributed by atoms with Crippen molar-refractivity contribution in [2.45, 2.75) is 40.1 Å². The molecule has 0 amide bonds. The van der Waals surface area contributed by atoms with E-state index in [0.717, 1.165) is 18.2 Å². The topological polar surface area (TPSA) is 66.0 Å². The summed E-state index contributed by atoms with van der Waals surface area (Å²) in [6, 6.07) is 15.2. The minimum atomic E-state index is -4.74. The van der Waals surface area contributed by atoms with E-state index in [1.54, 1.807) is 0 Å². The van der Waals surface area contributed by atoms with Crippen molar-refractivity contribution >= 4 is 0 Å². The zero-order valence-corrected chi connectivity index (χ0v) is 18.5. The Kier molecular flexibility index (Phi) is 7.64. The molecule has 2 aromatic heterocycles. The second-order valence-corrected chi connectivity index (χ2v) is 7.27. The van der Waals surface area contributed by atoms with Crippen molar-refractivity contribution in [3.63, 3.8) is 0 Å². The number of rotatable bonds is 5. The zero-order chi connectivity index (χ0) is 24.9. The van der Waals surface area contributed by atoms with Crippen LogP contribution in [-0.4, -0.2) is 32.7 Å². The van der Waals surface area contributed by atoms with Gasteiger partial charge < -0.3 is 9.26 Å². The van der Waals surface area contributed by atoms with Crippen LogP contribution in [-0.2, 0) is 6.54 Å². The Balaban J connectivity index is 0.000000751. The molecule has 2 heterocycles. The number of aryl methyl sites for hydroxylation is 2. The average molecular weight is 480 g/mol. The summed E-state index contributed by atoms with van der Waals surface area (Å²) in [6.45, 7) is 5.43. The Hall–Kier alpha value is -3.76. The number of hydrogen-bond donors (Lipinski definition) is 0. The number of benzene rings is 2. The Morgan fingerprint density at radius 2 is 1.68 bits per heavy atom. The lowest BCUT2D eigenvalue weighted by atomic mass is 10.1. The van der Waals surface area contributed by atoms with Gasteiger partial charge in [0.1, 0.15) is 5.75 Å². The third kappa shape index (κ3) is 6.87. The Morgan fingerprint density at radius 3 is 2.29 bits per heavy atom. The normalized spacial score (nSPS) is 11.3. The highest BCUT2D eigenvalue weighted by Crippen LogP contribution is 2.27. The molecule has 0 fully saturated rings. The number of ether oxygens (including phenoxy) is 1. The predicted octanol–water partition coefficient (Wildman–Crippen LogP) is 6.44. The van der Waals surface area contributed by atoms with Gasteiger partial charge in [-0.05, 0) is 62.2 Å². The Morgan fingerprint density at radius 1 is 1.03 bits per heavy atom. The number of hydrogen-bond acceptors (Lipinski definition) is 5. The van der Waals surface area contributed by atoms with E-state index in [0.29, 0.717) is 17.8 Å². The van der Waals surface area contributed by atoms with E-state index in [-0.39, 0.29) is 17.5 Å². The highest BCUT2D eigenvalue weighted by Gasteiger charge is 2.31. The molecule has 6 nitrogen and oxygen atoms in total.